The number of hydrogen-bond donors (Lipinski definition) is 2. The van der Waals surface area contributed by atoms with Gasteiger partial charge in [0.15, 0.2) is 0 Å². The van der Waals surface area contributed by atoms with Gasteiger partial charge in [-0.05, 0) is 37.6 Å². The summed E-state index contributed by atoms with van der Waals surface area (Å²) in [7, 11) is 0. The molecule has 1 aliphatic heterocycles. The molecule has 0 saturated carbocycles. The van der Waals surface area contributed by atoms with Gasteiger partial charge in [0.1, 0.15) is 0 Å². The van der Waals surface area contributed by atoms with Crippen LogP contribution in [-0.4, -0.2) is 22.9 Å². The monoisotopic (exact) mass is 264 g/mol. The van der Waals surface area contributed by atoms with Crippen molar-refractivity contribution in [3.63, 3.8) is 0 Å². The van der Waals surface area contributed by atoms with E-state index in [1.165, 1.54) is 31.7 Å². The smallest absolute Gasteiger partial charge is 0.269 e. The second kappa shape index (κ2) is 6.49. The highest BCUT2D eigenvalue weighted by molar-refractivity contribution is 5.55. The summed E-state index contributed by atoms with van der Waals surface area (Å²) in [4.78, 5) is 12.8. The van der Waals surface area contributed by atoms with E-state index in [0.717, 1.165) is 24.3 Å². The third-order valence-corrected chi connectivity index (χ3v) is 3.55. The number of hydrazine groups is 1. The summed E-state index contributed by atoms with van der Waals surface area (Å²) in [6, 6.07) is 4.76. The number of benzene rings is 1. The summed E-state index contributed by atoms with van der Waals surface area (Å²) in [6.45, 7) is 2.81. The average Bonchev–Trinajstić information content (AvgIpc) is 2.67. The lowest BCUT2D eigenvalue weighted by Gasteiger charge is -2.21. The molecule has 0 amide bonds. The number of nitro benzene ring substituents is 1. The van der Waals surface area contributed by atoms with Gasteiger partial charge in [0, 0.05) is 18.7 Å². The van der Waals surface area contributed by atoms with Crippen molar-refractivity contribution in [2.45, 2.75) is 32.2 Å². The molecule has 104 valence electrons. The SMILES string of the molecule is NNc1ccc([N+](=O)[O-])cc1CN1CCCCCC1. The maximum atomic E-state index is 10.8. The molecular formula is C13H20N4O2. The minimum absolute atomic E-state index is 0.115. The van der Waals surface area contributed by atoms with Crippen LogP contribution < -0.4 is 11.3 Å². The zero-order valence-corrected chi connectivity index (χ0v) is 11.0. The van der Waals surface area contributed by atoms with Crippen LogP contribution in [0.5, 0.6) is 0 Å². The first kappa shape index (κ1) is 13.8. The molecule has 0 aromatic heterocycles. The van der Waals surface area contributed by atoms with Gasteiger partial charge in [0.2, 0.25) is 0 Å². The molecule has 1 fully saturated rings. The average molecular weight is 264 g/mol. The Morgan fingerprint density at radius 3 is 2.53 bits per heavy atom. The van der Waals surface area contributed by atoms with Crippen molar-refractivity contribution in [3.05, 3.63) is 33.9 Å². The van der Waals surface area contributed by atoms with Crippen LogP contribution in [0.25, 0.3) is 0 Å². The highest BCUT2D eigenvalue weighted by Crippen LogP contribution is 2.24. The number of nitrogens with two attached hydrogens (primary N) is 1. The van der Waals surface area contributed by atoms with Gasteiger partial charge in [-0.1, -0.05) is 12.8 Å². The third-order valence-electron chi connectivity index (χ3n) is 3.55. The summed E-state index contributed by atoms with van der Waals surface area (Å²) in [6.07, 6.45) is 4.93. The van der Waals surface area contributed by atoms with Crippen LogP contribution in [0.15, 0.2) is 18.2 Å². The van der Waals surface area contributed by atoms with Gasteiger partial charge >= 0.3 is 0 Å². The van der Waals surface area contributed by atoms with E-state index >= 15 is 0 Å². The molecule has 6 heteroatoms. The summed E-state index contributed by atoms with van der Waals surface area (Å²) in [5.74, 6) is 5.47. The lowest BCUT2D eigenvalue weighted by atomic mass is 10.1. The van der Waals surface area contributed by atoms with Gasteiger partial charge < -0.3 is 5.43 Å². The van der Waals surface area contributed by atoms with Crippen molar-refractivity contribution in [2.24, 2.45) is 5.84 Å². The molecule has 3 N–H and O–H groups in total. The Morgan fingerprint density at radius 2 is 1.95 bits per heavy atom. The topological polar surface area (TPSA) is 84.4 Å². The van der Waals surface area contributed by atoms with E-state index in [4.69, 9.17) is 5.84 Å². The summed E-state index contributed by atoms with van der Waals surface area (Å²) >= 11 is 0. The second-order valence-corrected chi connectivity index (χ2v) is 4.93. The molecule has 1 aromatic carbocycles. The number of nitrogens with one attached hydrogen (secondary N) is 1. The largest absolute Gasteiger partial charge is 0.324 e. The second-order valence-electron chi connectivity index (χ2n) is 4.93. The van der Waals surface area contributed by atoms with Gasteiger partial charge in [0.05, 0.1) is 10.6 Å². The number of likely N-dealkylation sites (tertiary alicyclic amines) is 1. The molecular weight excluding hydrogens is 244 g/mol. The first-order valence-corrected chi connectivity index (χ1v) is 6.67. The summed E-state index contributed by atoms with van der Waals surface area (Å²) in [5, 5.41) is 10.8. The maximum Gasteiger partial charge on any atom is 0.269 e. The lowest BCUT2D eigenvalue weighted by Crippen LogP contribution is -2.25. The first-order chi connectivity index (χ1) is 9.20. The minimum atomic E-state index is -0.369. The Labute approximate surface area is 112 Å². The number of anilines is 1. The molecule has 0 bridgehead atoms. The van der Waals surface area contributed by atoms with Gasteiger partial charge in [-0.15, -0.1) is 0 Å². The maximum absolute atomic E-state index is 10.8. The van der Waals surface area contributed by atoms with Crippen molar-refractivity contribution in [1.29, 1.82) is 0 Å². The lowest BCUT2D eigenvalue weighted by molar-refractivity contribution is -0.384. The van der Waals surface area contributed by atoms with Gasteiger partial charge in [-0.25, -0.2) is 0 Å². The normalized spacial score (nSPS) is 16.9. The van der Waals surface area contributed by atoms with E-state index in [-0.39, 0.29) is 10.6 Å². The van der Waals surface area contributed by atoms with Crippen molar-refractivity contribution in [1.82, 2.24) is 4.90 Å². The fraction of sp³-hybridized carbons (Fsp3) is 0.538. The Bertz CT molecular complexity index is 442. The van der Waals surface area contributed by atoms with E-state index in [9.17, 15) is 10.1 Å². The molecule has 0 aliphatic carbocycles. The Morgan fingerprint density at radius 1 is 1.26 bits per heavy atom. The highest BCUT2D eigenvalue weighted by atomic mass is 16.6. The van der Waals surface area contributed by atoms with Gasteiger partial charge in [-0.2, -0.15) is 0 Å². The third kappa shape index (κ3) is 3.65. The predicted molar refractivity (Wildman–Crippen MR) is 74.7 cm³/mol. The molecule has 0 unspecified atom stereocenters. The Hall–Kier alpha value is -1.66. The number of non-ortho nitro benzene ring substituents is 1. The molecule has 1 heterocycles. The van der Waals surface area contributed by atoms with Gasteiger partial charge in [0.25, 0.3) is 5.69 Å². The molecule has 2 rings (SSSR count). The number of rotatable bonds is 4. The van der Waals surface area contributed by atoms with Crippen LogP contribution in [-0.2, 0) is 6.54 Å². The van der Waals surface area contributed by atoms with Crippen LogP contribution >= 0.6 is 0 Å². The van der Waals surface area contributed by atoms with E-state index in [0.29, 0.717) is 6.54 Å². The molecule has 1 saturated heterocycles. The van der Waals surface area contributed by atoms with Crippen LogP contribution in [0.4, 0.5) is 11.4 Å². The number of nitrogens with zero attached hydrogens (tertiary/aromatic N) is 2. The van der Waals surface area contributed by atoms with Crippen molar-refractivity contribution in [3.8, 4) is 0 Å². The molecule has 1 aromatic rings. The molecule has 1 aliphatic rings. The first-order valence-electron chi connectivity index (χ1n) is 6.67. The Kier molecular flexibility index (Phi) is 4.70. The Balaban J connectivity index is 2.16. The van der Waals surface area contributed by atoms with Crippen molar-refractivity contribution >= 4 is 11.4 Å². The van der Waals surface area contributed by atoms with E-state index in [1.807, 2.05) is 0 Å². The van der Waals surface area contributed by atoms with Crippen LogP contribution in [0.1, 0.15) is 31.2 Å². The number of nitro groups is 1. The van der Waals surface area contributed by atoms with E-state index in [2.05, 4.69) is 10.3 Å². The fourth-order valence-corrected chi connectivity index (χ4v) is 2.50. The quantitative estimate of drug-likeness (QED) is 0.495. The van der Waals surface area contributed by atoms with E-state index in [1.54, 1.807) is 12.1 Å². The molecule has 0 atom stereocenters. The standard InChI is InChI=1S/C13H20N4O2/c14-15-13-6-5-12(17(18)19)9-11(13)10-16-7-3-1-2-4-8-16/h5-6,9,15H,1-4,7-8,10,14H2. The van der Waals surface area contributed by atoms with E-state index < -0.39 is 0 Å². The van der Waals surface area contributed by atoms with Crippen LogP contribution in [0.3, 0.4) is 0 Å². The van der Waals surface area contributed by atoms with Crippen LogP contribution in [0.2, 0.25) is 0 Å². The molecule has 0 radical (unpaired) electrons. The van der Waals surface area contributed by atoms with Crippen molar-refractivity contribution < 1.29 is 4.92 Å². The fourth-order valence-electron chi connectivity index (χ4n) is 2.50. The number of hydrogen-bond acceptors (Lipinski definition) is 5. The zero-order valence-electron chi connectivity index (χ0n) is 11.0. The molecule has 6 nitrogen and oxygen atoms in total. The zero-order chi connectivity index (χ0) is 13.7. The molecule has 0 spiro atoms. The highest BCUT2D eigenvalue weighted by Gasteiger charge is 2.15. The van der Waals surface area contributed by atoms with Crippen molar-refractivity contribution in [2.75, 3.05) is 18.5 Å². The molecule has 19 heavy (non-hydrogen) atoms. The summed E-state index contributed by atoms with van der Waals surface area (Å²) in [5.41, 5.74) is 4.38. The minimum Gasteiger partial charge on any atom is -0.324 e. The van der Waals surface area contributed by atoms with Crippen LogP contribution in [0, 0.1) is 10.1 Å². The summed E-state index contributed by atoms with van der Waals surface area (Å²) < 4.78 is 0. The number of nitrogen functional groups attached to an aromatic ring is 1. The predicted octanol–water partition coefficient (Wildman–Crippen LogP) is 2.26. The van der Waals surface area contributed by atoms with Gasteiger partial charge in [-0.3, -0.25) is 20.9 Å².